The summed E-state index contributed by atoms with van der Waals surface area (Å²) >= 11 is 0. The van der Waals surface area contributed by atoms with Crippen LogP contribution in [-0.4, -0.2) is 42.3 Å². The van der Waals surface area contributed by atoms with Gasteiger partial charge < -0.3 is 0 Å². The minimum atomic E-state index is -0.592. The van der Waals surface area contributed by atoms with Gasteiger partial charge in [0, 0.05) is 12.4 Å². The molecule has 31 heavy (non-hydrogen) atoms. The predicted molar refractivity (Wildman–Crippen MR) is 122 cm³/mol. The monoisotopic (exact) mass is 418 g/mol. The van der Waals surface area contributed by atoms with Crippen LogP contribution in [-0.2, 0) is 9.59 Å². The average molecular weight is 418 g/mol. The molecule has 0 saturated carbocycles. The smallest absolute Gasteiger partial charge is 0.261 e. The van der Waals surface area contributed by atoms with Crippen molar-refractivity contribution in [1.29, 1.82) is 0 Å². The average Bonchev–Trinajstić information content (AvgIpc) is 2.79. The van der Waals surface area contributed by atoms with Crippen LogP contribution in [0.5, 0.6) is 0 Å². The van der Waals surface area contributed by atoms with Gasteiger partial charge in [-0.1, -0.05) is 72.8 Å². The Hall–Kier alpha value is -4.40. The summed E-state index contributed by atoms with van der Waals surface area (Å²) in [7, 11) is 0. The fraction of sp³-hybridized carbons (Fsp3) is 0.0909. The highest BCUT2D eigenvalue weighted by atomic mass is 16.3. The highest BCUT2D eigenvalue weighted by Crippen LogP contribution is 2.00. The van der Waals surface area contributed by atoms with E-state index in [-0.39, 0.29) is 0 Å². The van der Waals surface area contributed by atoms with Crippen molar-refractivity contribution >= 4 is 36.4 Å². The minimum Gasteiger partial charge on any atom is -0.271 e. The molecule has 0 aliphatic carbocycles. The number of nitroso groups, excluding NO2 is 1. The molecule has 0 heterocycles. The Labute approximate surface area is 179 Å². The molecule has 0 atom stereocenters. The third-order valence-electron chi connectivity index (χ3n) is 3.64. The van der Waals surface area contributed by atoms with Crippen molar-refractivity contribution in [3.05, 3.63) is 88.8 Å². The quantitative estimate of drug-likeness (QED) is 0.331. The van der Waals surface area contributed by atoms with Crippen LogP contribution in [0.2, 0.25) is 0 Å². The highest BCUT2D eigenvalue weighted by Gasteiger charge is 2.13. The summed E-state index contributed by atoms with van der Waals surface area (Å²) in [5.74, 6) is -1.18. The summed E-state index contributed by atoms with van der Waals surface area (Å²) in [4.78, 5) is 34.5. The van der Waals surface area contributed by atoms with Gasteiger partial charge in [0.05, 0.1) is 5.29 Å². The van der Waals surface area contributed by atoms with Gasteiger partial charge in [-0.2, -0.15) is 10.2 Å². The molecule has 0 aliphatic heterocycles. The van der Waals surface area contributed by atoms with E-state index in [4.69, 9.17) is 0 Å². The lowest BCUT2D eigenvalue weighted by atomic mass is 10.2. The van der Waals surface area contributed by atoms with E-state index in [1.165, 1.54) is 12.4 Å². The Morgan fingerprint density at radius 1 is 0.742 bits per heavy atom. The van der Waals surface area contributed by atoms with Crippen molar-refractivity contribution in [1.82, 2.24) is 15.9 Å². The second-order valence-electron chi connectivity index (χ2n) is 6.07. The summed E-state index contributed by atoms with van der Waals surface area (Å²) in [6.07, 6.45) is 9.73. The molecule has 0 saturated heterocycles. The standard InChI is InChI=1S/C22H22N6O3/c29-21(25-23-15-7-13-19-9-3-1-4-10-19)17-28(27-31)18-22(30)26-24-16-8-14-20-11-5-2-6-12-20/h1-16H,17-18H2,(H,25,29)(H,26,30)/b13-7-,14-8-,23-15+,24-16+. The van der Waals surface area contributed by atoms with Crippen LogP contribution in [0.15, 0.2) is 88.3 Å². The van der Waals surface area contributed by atoms with E-state index in [1.54, 1.807) is 12.2 Å². The lowest BCUT2D eigenvalue weighted by Gasteiger charge is -2.12. The number of hydrogen-bond acceptors (Lipinski definition) is 6. The maximum Gasteiger partial charge on any atom is 0.261 e. The Kier molecular flexibility index (Phi) is 10.1. The second-order valence-corrected chi connectivity index (χ2v) is 6.07. The van der Waals surface area contributed by atoms with Crippen LogP contribution in [0.4, 0.5) is 0 Å². The van der Waals surface area contributed by atoms with Crippen molar-refractivity contribution in [2.24, 2.45) is 15.5 Å². The molecule has 9 heteroatoms. The van der Waals surface area contributed by atoms with E-state index in [2.05, 4.69) is 26.3 Å². The molecule has 0 aromatic heterocycles. The number of nitrogens with zero attached hydrogens (tertiary/aromatic N) is 4. The Bertz CT molecular complexity index is 880. The number of hydrogen-bond donors (Lipinski definition) is 2. The molecule has 0 fully saturated rings. The van der Waals surface area contributed by atoms with Gasteiger partial charge in [-0.3, -0.25) is 9.59 Å². The zero-order chi connectivity index (χ0) is 22.2. The van der Waals surface area contributed by atoms with Crippen molar-refractivity contribution in [3.8, 4) is 0 Å². The molecule has 0 radical (unpaired) electrons. The molecule has 9 nitrogen and oxygen atoms in total. The van der Waals surface area contributed by atoms with E-state index >= 15 is 0 Å². The molecule has 0 aliphatic rings. The maximum absolute atomic E-state index is 11.8. The molecule has 2 aromatic rings. The van der Waals surface area contributed by atoms with Crippen LogP contribution in [0, 0.1) is 4.91 Å². The zero-order valence-electron chi connectivity index (χ0n) is 16.7. The Balaban J connectivity index is 1.68. The predicted octanol–water partition coefficient (Wildman–Crippen LogP) is 2.60. The largest absolute Gasteiger partial charge is 0.271 e. The molecule has 0 bridgehead atoms. The summed E-state index contributed by atoms with van der Waals surface area (Å²) in [6.45, 7) is -0.845. The Morgan fingerprint density at radius 3 is 1.55 bits per heavy atom. The van der Waals surface area contributed by atoms with Gasteiger partial charge in [0.2, 0.25) is 0 Å². The molecule has 2 N–H and O–H groups in total. The van der Waals surface area contributed by atoms with Crippen LogP contribution < -0.4 is 10.9 Å². The minimum absolute atomic E-state index is 0.422. The number of carbonyl (C=O) groups excluding carboxylic acids is 2. The van der Waals surface area contributed by atoms with E-state index in [9.17, 15) is 14.5 Å². The van der Waals surface area contributed by atoms with Gasteiger partial charge in [-0.25, -0.2) is 15.9 Å². The summed E-state index contributed by atoms with van der Waals surface area (Å²) < 4.78 is 0. The third kappa shape index (κ3) is 10.1. The number of hydrazone groups is 2. The summed E-state index contributed by atoms with van der Waals surface area (Å²) in [6, 6.07) is 19.1. The number of carbonyl (C=O) groups is 2. The first-order valence-corrected chi connectivity index (χ1v) is 9.33. The third-order valence-corrected chi connectivity index (χ3v) is 3.64. The number of amides is 2. The van der Waals surface area contributed by atoms with Gasteiger partial charge in [0.15, 0.2) is 0 Å². The van der Waals surface area contributed by atoms with Crippen molar-refractivity contribution < 1.29 is 9.59 Å². The highest BCUT2D eigenvalue weighted by molar-refractivity contribution is 5.84. The van der Waals surface area contributed by atoms with Crippen LogP contribution in [0.25, 0.3) is 12.2 Å². The fourth-order valence-electron chi connectivity index (χ4n) is 2.26. The van der Waals surface area contributed by atoms with Crippen molar-refractivity contribution in [3.63, 3.8) is 0 Å². The Morgan fingerprint density at radius 2 is 1.16 bits per heavy atom. The van der Waals surface area contributed by atoms with Gasteiger partial charge in [-0.05, 0) is 23.3 Å². The summed E-state index contributed by atoms with van der Waals surface area (Å²) in [5.41, 5.74) is 6.48. The van der Waals surface area contributed by atoms with E-state index < -0.39 is 24.9 Å². The normalized spacial score (nSPS) is 11.4. The topological polar surface area (TPSA) is 116 Å². The number of rotatable bonds is 11. The second kappa shape index (κ2) is 13.7. The first-order valence-electron chi connectivity index (χ1n) is 9.33. The van der Waals surface area contributed by atoms with Gasteiger partial charge >= 0.3 is 0 Å². The molecular weight excluding hydrogens is 396 g/mol. The van der Waals surface area contributed by atoms with Gasteiger partial charge in [0.1, 0.15) is 13.1 Å². The molecule has 0 spiro atoms. The van der Waals surface area contributed by atoms with Gasteiger partial charge in [-0.15, -0.1) is 4.91 Å². The van der Waals surface area contributed by atoms with E-state index in [0.29, 0.717) is 0 Å². The maximum atomic E-state index is 11.8. The lowest BCUT2D eigenvalue weighted by molar-refractivity contribution is -0.125. The lowest BCUT2D eigenvalue weighted by Crippen LogP contribution is -2.37. The van der Waals surface area contributed by atoms with Crippen molar-refractivity contribution in [2.45, 2.75) is 0 Å². The van der Waals surface area contributed by atoms with Crippen LogP contribution >= 0.6 is 0 Å². The molecule has 2 rings (SSSR count). The summed E-state index contributed by atoms with van der Waals surface area (Å²) in [5, 5.41) is 10.9. The molecule has 2 amide bonds. The molecule has 2 aromatic carbocycles. The van der Waals surface area contributed by atoms with Crippen LogP contribution in [0.3, 0.4) is 0 Å². The molecule has 0 unspecified atom stereocenters. The number of nitrogens with one attached hydrogen (secondary N) is 2. The molecule has 158 valence electrons. The zero-order valence-corrected chi connectivity index (χ0v) is 16.7. The van der Waals surface area contributed by atoms with Gasteiger partial charge in [0.25, 0.3) is 11.8 Å². The first kappa shape index (κ1) is 22.9. The molecular formula is C22H22N6O3. The number of benzene rings is 2. The van der Waals surface area contributed by atoms with E-state index in [1.807, 2.05) is 72.8 Å². The SMILES string of the molecule is O=NN(CC(=O)N/N=C/C=C\c1ccccc1)CC(=O)N/N=C/C=C\c1ccccc1. The first-order chi connectivity index (χ1) is 15.2. The van der Waals surface area contributed by atoms with E-state index in [0.717, 1.165) is 16.1 Å². The van der Waals surface area contributed by atoms with Crippen LogP contribution in [0.1, 0.15) is 11.1 Å². The number of allylic oxidation sites excluding steroid dienone is 2. The van der Waals surface area contributed by atoms with Crippen molar-refractivity contribution in [2.75, 3.05) is 13.1 Å². The fourth-order valence-corrected chi connectivity index (χ4v) is 2.26.